The molecule has 0 N–H and O–H groups in total. The van der Waals surface area contributed by atoms with E-state index in [2.05, 4.69) is 25.7 Å². The van der Waals surface area contributed by atoms with Gasteiger partial charge in [-0.2, -0.15) is 0 Å². The van der Waals surface area contributed by atoms with Crippen LogP contribution in [0, 0.1) is 0 Å². The molecule has 13 heavy (non-hydrogen) atoms. The predicted molar refractivity (Wildman–Crippen MR) is 49.5 cm³/mol. The summed E-state index contributed by atoms with van der Waals surface area (Å²) in [4.78, 5) is 15.3. The highest BCUT2D eigenvalue weighted by atomic mass is 79.9. The fourth-order valence-electron chi connectivity index (χ4n) is 1.24. The number of ether oxygens (including phenoxy) is 1. The lowest BCUT2D eigenvalue weighted by Crippen LogP contribution is -2.10. The standard InChI is InChI=1S/C8H9BrN2O2/c1-13-8(12)7-10-6(9)4-11(7)5-2-3-5/h4-5H,2-3H2,1H3. The first kappa shape index (κ1) is 8.74. The molecule has 2 rings (SSSR count). The summed E-state index contributed by atoms with van der Waals surface area (Å²) < 4.78 is 7.18. The van der Waals surface area contributed by atoms with Crippen LogP contribution in [0.15, 0.2) is 10.8 Å². The van der Waals surface area contributed by atoms with Crippen molar-refractivity contribution in [3.8, 4) is 0 Å². The highest BCUT2D eigenvalue weighted by Gasteiger charge is 2.29. The summed E-state index contributed by atoms with van der Waals surface area (Å²) in [5, 5.41) is 0. The van der Waals surface area contributed by atoms with Crippen molar-refractivity contribution in [1.82, 2.24) is 9.55 Å². The van der Waals surface area contributed by atoms with E-state index < -0.39 is 0 Å². The van der Waals surface area contributed by atoms with Crippen LogP contribution in [-0.2, 0) is 4.74 Å². The van der Waals surface area contributed by atoms with Gasteiger partial charge in [0.15, 0.2) is 0 Å². The molecular formula is C8H9BrN2O2. The number of halogens is 1. The smallest absolute Gasteiger partial charge is 0.374 e. The van der Waals surface area contributed by atoms with E-state index in [0.717, 1.165) is 12.8 Å². The van der Waals surface area contributed by atoms with Crippen molar-refractivity contribution in [2.75, 3.05) is 7.11 Å². The number of carbonyl (C=O) groups is 1. The van der Waals surface area contributed by atoms with Gasteiger partial charge < -0.3 is 9.30 Å². The highest BCUT2D eigenvalue weighted by Crippen LogP contribution is 2.36. The van der Waals surface area contributed by atoms with Crippen LogP contribution >= 0.6 is 15.9 Å². The third kappa shape index (κ3) is 1.60. The predicted octanol–water partition coefficient (Wildman–Crippen LogP) is 1.77. The molecule has 0 amide bonds. The van der Waals surface area contributed by atoms with Crippen molar-refractivity contribution >= 4 is 21.9 Å². The van der Waals surface area contributed by atoms with Crippen LogP contribution in [0.1, 0.15) is 29.5 Å². The molecule has 0 spiro atoms. The van der Waals surface area contributed by atoms with Crippen molar-refractivity contribution in [2.45, 2.75) is 18.9 Å². The largest absolute Gasteiger partial charge is 0.463 e. The van der Waals surface area contributed by atoms with Crippen LogP contribution in [0.2, 0.25) is 0 Å². The number of esters is 1. The summed E-state index contributed by atoms with van der Waals surface area (Å²) >= 11 is 3.24. The van der Waals surface area contributed by atoms with Gasteiger partial charge in [-0.05, 0) is 28.8 Å². The molecule has 1 saturated carbocycles. The third-order valence-corrected chi connectivity index (χ3v) is 2.39. The van der Waals surface area contributed by atoms with E-state index in [1.807, 2.05) is 10.8 Å². The van der Waals surface area contributed by atoms with Crippen molar-refractivity contribution in [1.29, 1.82) is 0 Å². The molecule has 1 fully saturated rings. The molecule has 1 aliphatic rings. The Morgan fingerprint density at radius 2 is 2.46 bits per heavy atom. The minimum atomic E-state index is -0.377. The van der Waals surface area contributed by atoms with Gasteiger partial charge in [-0.25, -0.2) is 9.78 Å². The van der Waals surface area contributed by atoms with Gasteiger partial charge >= 0.3 is 5.97 Å². The summed E-state index contributed by atoms with van der Waals surface area (Å²) in [6.45, 7) is 0. The Labute approximate surface area is 84.0 Å². The summed E-state index contributed by atoms with van der Waals surface area (Å²) in [6, 6.07) is 0.438. The number of hydrogen-bond donors (Lipinski definition) is 0. The minimum Gasteiger partial charge on any atom is -0.463 e. The number of imidazole rings is 1. The number of hydrogen-bond acceptors (Lipinski definition) is 3. The van der Waals surface area contributed by atoms with Crippen LogP contribution in [0.5, 0.6) is 0 Å². The molecule has 0 saturated heterocycles. The van der Waals surface area contributed by atoms with Crippen LogP contribution in [0.25, 0.3) is 0 Å². The summed E-state index contributed by atoms with van der Waals surface area (Å²) in [5.74, 6) is 0.00877. The van der Waals surface area contributed by atoms with Gasteiger partial charge in [-0.1, -0.05) is 0 Å². The zero-order chi connectivity index (χ0) is 9.42. The maximum Gasteiger partial charge on any atom is 0.374 e. The highest BCUT2D eigenvalue weighted by molar-refractivity contribution is 9.10. The Balaban J connectivity index is 2.36. The SMILES string of the molecule is COC(=O)c1nc(Br)cn1C1CC1. The number of carbonyl (C=O) groups excluding carboxylic acids is 1. The van der Waals surface area contributed by atoms with Gasteiger partial charge in [-0.3, -0.25) is 0 Å². The van der Waals surface area contributed by atoms with Crippen LogP contribution in [0.4, 0.5) is 0 Å². The number of rotatable bonds is 2. The van der Waals surface area contributed by atoms with Gasteiger partial charge in [0.25, 0.3) is 0 Å². The van der Waals surface area contributed by atoms with Gasteiger partial charge in [0.2, 0.25) is 5.82 Å². The second-order valence-electron chi connectivity index (χ2n) is 3.02. The van der Waals surface area contributed by atoms with Crippen molar-refractivity contribution in [3.63, 3.8) is 0 Å². The quantitative estimate of drug-likeness (QED) is 0.746. The first-order valence-electron chi connectivity index (χ1n) is 4.05. The Kier molecular flexibility index (Phi) is 2.11. The molecule has 1 aliphatic carbocycles. The lowest BCUT2D eigenvalue weighted by atomic mass is 10.5. The number of nitrogens with zero attached hydrogens (tertiary/aromatic N) is 2. The van der Waals surface area contributed by atoms with Gasteiger partial charge in [0.1, 0.15) is 4.60 Å². The maximum atomic E-state index is 11.3. The Hall–Kier alpha value is -0.840. The lowest BCUT2D eigenvalue weighted by molar-refractivity contribution is 0.0581. The minimum absolute atomic E-state index is 0.377. The third-order valence-electron chi connectivity index (χ3n) is 2.01. The average molecular weight is 245 g/mol. The zero-order valence-electron chi connectivity index (χ0n) is 7.16. The molecule has 0 unspecified atom stereocenters. The Bertz CT molecular complexity index is 344. The molecule has 1 heterocycles. The summed E-state index contributed by atoms with van der Waals surface area (Å²) in [6.07, 6.45) is 4.06. The van der Waals surface area contributed by atoms with Crippen LogP contribution in [-0.4, -0.2) is 22.6 Å². The van der Waals surface area contributed by atoms with E-state index in [0.29, 0.717) is 16.5 Å². The van der Waals surface area contributed by atoms with E-state index in [1.54, 1.807) is 0 Å². The van der Waals surface area contributed by atoms with E-state index in [9.17, 15) is 4.79 Å². The van der Waals surface area contributed by atoms with Crippen molar-refractivity contribution < 1.29 is 9.53 Å². The molecule has 4 nitrogen and oxygen atoms in total. The fraction of sp³-hybridized carbons (Fsp3) is 0.500. The summed E-state index contributed by atoms with van der Waals surface area (Å²) in [5.41, 5.74) is 0. The molecule has 1 aromatic rings. The monoisotopic (exact) mass is 244 g/mol. The van der Waals surface area contributed by atoms with E-state index in [4.69, 9.17) is 0 Å². The summed E-state index contributed by atoms with van der Waals surface area (Å²) in [7, 11) is 1.36. The topological polar surface area (TPSA) is 44.1 Å². The lowest BCUT2D eigenvalue weighted by Gasteiger charge is -2.02. The van der Waals surface area contributed by atoms with Crippen LogP contribution < -0.4 is 0 Å². The van der Waals surface area contributed by atoms with Gasteiger partial charge in [0, 0.05) is 12.2 Å². The van der Waals surface area contributed by atoms with Crippen LogP contribution in [0.3, 0.4) is 0 Å². The fourth-order valence-corrected chi connectivity index (χ4v) is 1.63. The van der Waals surface area contributed by atoms with Gasteiger partial charge in [0.05, 0.1) is 7.11 Å². The molecular weight excluding hydrogens is 236 g/mol. The van der Waals surface area contributed by atoms with E-state index in [1.165, 1.54) is 7.11 Å². The normalized spacial score (nSPS) is 15.8. The molecule has 0 atom stereocenters. The Morgan fingerprint density at radius 1 is 1.77 bits per heavy atom. The first-order valence-corrected chi connectivity index (χ1v) is 4.84. The molecule has 5 heteroatoms. The molecule has 70 valence electrons. The average Bonchev–Trinajstić information content (AvgIpc) is 2.89. The van der Waals surface area contributed by atoms with E-state index in [-0.39, 0.29) is 5.97 Å². The Morgan fingerprint density at radius 3 is 3.00 bits per heavy atom. The van der Waals surface area contributed by atoms with Crippen molar-refractivity contribution in [3.05, 3.63) is 16.6 Å². The first-order chi connectivity index (χ1) is 6.22. The van der Waals surface area contributed by atoms with Crippen molar-refractivity contribution in [2.24, 2.45) is 0 Å². The molecule has 1 aromatic heterocycles. The maximum absolute atomic E-state index is 11.3. The molecule has 0 aromatic carbocycles. The number of methoxy groups -OCH3 is 1. The molecule has 0 aliphatic heterocycles. The number of aromatic nitrogens is 2. The van der Waals surface area contributed by atoms with E-state index >= 15 is 0 Å². The van der Waals surface area contributed by atoms with Gasteiger partial charge in [-0.15, -0.1) is 0 Å². The second kappa shape index (κ2) is 3.14. The second-order valence-corrected chi connectivity index (χ2v) is 3.83. The zero-order valence-corrected chi connectivity index (χ0v) is 8.74. The molecule has 0 bridgehead atoms. The molecule has 0 radical (unpaired) electrons.